The zero-order valence-electron chi connectivity index (χ0n) is 10.3. The molecule has 1 saturated heterocycles. The van der Waals surface area contributed by atoms with Crippen molar-refractivity contribution in [2.45, 2.75) is 37.9 Å². The van der Waals surface area contributed by atoms with Crippen LogP contribution in [0.5, 0.6) is 0 Å². The van der Waals surface area contributed by atoms with Gasteiger partial charge in [0.2, 0.25) is 0 Å². The number of carbonyl (C=O) groups is 1. The minimum absolute atomic E-state index is 0.0540. The minimum Gasteiger partial charge on any atom is -0.307 e. The van der Waals surface area contributed by atoms with Crippen molar-refractivity contribution in [3.63, 3.8) is 0 Å². The van der Waals surface area contributed by atoms with Gasteiger partial charge < -0.3 is 5.32 Å². The number of alkyl halides is 3. The lowest BCUT2D eigenvalue weighted by Gasteiger charge is -2.22. The molecule has 0 radical (unpaired) electrons. The van der Waals surface area contributed by atoms with Gasteiger partial charge >= 0.3 is 6.18 Å². The topological polar surface area (TPSA) is 42.0 Å². The molecule has 2 rings (SSSR count). The molecular weight excluding hydrogens is 257 g/mol. The number of rotatable bonds is 3. The van der Waals surface area contributed by atoms with Crippen LogP contribution < -0.4 is 5.32 Å². The third-order valence-electron chi connectivity index (χ3n) is 3.15. The standard InChI is InChI=1S/C13H15F3N2O/c14-13(15,16)12-6-3-4-9(18-12)8-11(19)10-5-1-2-7-17-10/h3-4,6,10,17H,1-2,5,7-8H2/t10-/m0/s1. The molecule has 1 aromatic rings. The van der Waals surface area contributed by atoms with Crippen LogP contribution in [0.15, 0.2) is 18.2 Å². The van der Waals surface area contributed by atoms with E-state index in [2.05, 4.69) is 10.3 Å². The van der Waals surface area contributed by atoms with E-state index in [9.17, 15) is 18.0 Å². The largest absolute Gasteiger partial charge is 0.433 e. The fourth-order valence-electron chi connectivity index (χ4n) is 2.16. The zero-order chi connectivity index (χ0) is 13.9. The molecule has 0 amide bonds. The quantitative estimate of drug-likeness (QED) is 0.918. The molecule has 3 nitrogen and oxygen atoms in total. The first kappa shape index (κ1) is 14.0. The average molecular weight is 272 g/mol. The number of halogens is 3. The summed E-state index contributed by atoms with van der Waals surface area (Å²) in [5, 5.41) is 3.08. The second-order valence-electron chi connectivity index (χ2n) is 4.66. The monoisotopic (exact) mass is 272 g/mol. The highest BCUT2D eigenvalue weighted by Gasteiger charge is 2.32. The van der Waals surface area contributed by atoms with Crippen molar-refractivity contribution in [2.75, 3.05) is 6.54 Å². The number of hydrogen-bond donors (Lipinski definition) is 1. The zero-order valence-corrected chi connectivity index (χ0v) is 10.3. The van der Waals surface area contributed by atoms with Gasteiger partial charge in [0.15, 0.2) is 5.78 Å². The SMILES string of the molecule is O=C(Cc1cccc(C(F)(F)F)n1)[C@@H]1CCCCN1. The van der Waals surface area contributed by atoms with Gasteiger partial charge in [-0.3, -0.25) is 4.79 Å². The summed E-state index contributed by atoms with van der Waals surface area (Å²) >= 11 is 0. The van der Waals surface area contributed by atoms with E-state index < -0.39 is 11.9 Å². The molecule has 0 bridgehead atoms. The van der Waals surface area contributed by atoms with Gasteiger partial charge in [0.1, 0.15) is 5.69 Å². The van der Waals surface area contributed by atoms with Crippen LogP contribution in [-0.2, 0) is 17.4 Å². The van der Waals surface area contributed by atoms with Gasteiger partial charge in [-0.05, 0) is 31.5 Å². The Morgan fingerprint density at radius 2 is 2.16 bits per heavy atom. The van der Waals surface area contributed by atoms with Crippen LogP contribution >= 0.6 is 0 Å². The normalized spacial score (nSPS) is 20.3. The highest BCUT2D eigenvalue weighted by molar-refractivity contribution is 5.85. The number of ketones is 1. The molecule has 0 aromatic carbocycles. The molecule has 1 aromatic heterocycles. The van der Waals surface area contributed by atoms with E-state index in [0.717, 1.165) is 31.9 Å². The molecule has 6 heteroatoms. The molecule has 104 valence electrons. The van der Waals surface area contributed by atoms with E-state index in [1.165, 1.54) is 12.1 Å². The van der Waals surface area contributed by atoms with Gasteiger partial charge in [-0.25, -0.2) is 4.98 Å². The lowest BCUT2D eigenvalue weighted by molar-refractivity contribution is -0.141. The Morgan fingerprint density at radius 1 is 1.37 bits per heavy atom. The minimum atomic E-state index is -4.47. The van der Waals surface area contributed by atoms with Crippen molar-refractivity contribution in [2.24, 2.45) is 0 Å². The molecular formula is C13H15F3N2O. The molecule has 1 aliphatic rings. The number of pyridine rings is 1. The highest BCUT2D eigenvalue weighted by atomic mass is 19.4. The maximum atomic E-state index is 12.5. The van der Waals surface area contributed by atoms with Crippen LogP contribution in [0.3, 0.4) is 0 Å². The first-order valence-corrected chi connectivity index (χ1v) is 6.26. The summed E-state index contributed by atoms with van der Waals surface area (Å²) in [5.41, 5.74) is -0.776. The van der Waals surface area contributed by atoms with E-state index >= 15 is 0 Å². The number of Topliss-reactive ketones (excluding diaryl/α,β-unsaturated/α-hetero) is 1. The molecule has 1 fully saturated rings. The lowest BCUT2D eigenvalue weighted by Crippen LogP contribution is -2.41. The Hall–Kier alpha value is -1.43. The van der Waals surface area contributed by atoms with Crippen LogP contribution in [0.1, 0.15) is 30.7 Å². The molecule has 0 saturated carbocycles. The van der Waals surface area contributed by atoms with E-state index in [4.69, 9.17) is 0 Å². The second kappa shape index (κ2) is 5.69. The lowest BCUT2D eigenvalue weighted by atomic mass is 9.98. The summed E-state index contributed by atoms with van der Waals surface area (Å²) in [6.07, 6.45) is -1.77. The number of nitrogens with one attached hydrogen (secondary N) is 1. The van der Waals surface area contributed by atoms with Crippen LogP contribution in [0.25, 0.3) is 0 Å². The number of hydrogen-bond acceptors (Lipinski definition) is 3. The van der Waals surface area contributed by atoms with E-state index in [1.807, 2.05) is 0 Å². The predicted molar refractivity (Wildman–Crippen MR) is 63.6 cm³/mol. The molecule has 1 aliphatic heterocycles. The van der Waals surface area contributed by atoms with Crippen molar-refractivity contribution in [1.82, 2.24) is 10.3 Å². The van der Waals surface area contributed by atoms with E-state index in [-0.39, 0.29) is 23.9 Å². The number of carbonyl (C=O) groups excluding carboxylic acids is 1. The molecule has 0 spiro atoms. The molecule has 1 N–H and O–H groups in total. The maximum Gasteiger partial charge on any atom is 0.433 e. The van der Waals surface area contributed by atoms with Crippen LogP contribution in [0.4, 0.5) is 13.2 Å². The average Bonchev–Trinajstić information content (AvgIpc) is 2.39. The molecule has 0 unspecified atom stereocenters. The van der Waals surface area contributed by atoms with Crippen molar-refractivity contribution in [3.05, 3.63) is 29.6 Å². The number of piperidine rings is 1. The maximum absolute atomic E-state index is 12.5. The van der Waals surface area contributed by atoms with Gasteiger partial charge in [-0.2, -0.15) is 13.2 Å². The first-order valence-electron chi connectivity index (χ1n) is 6.26. The smallest absolute Gasteiger partial charge is 0.307 e. The van der Waals surface area contributed by atoms with E-state index in [0.29, 0.717) is 0 Å². The Morgan fingerprint density at radius 3 is 2.79 bits per heavy atom. The summed E-state index contributed by atoms with van der Waals surface area (Å²) in [5.74, 6) is -0.0912. The number of aromatic nitrogens is 1. The predicted octanol–water partition coefficient (Wildman–Crippen LogP) is 2.35. The first-order chi connectivity index (χ1) is 8.97. The van der Waals surface area contributed by atoms with Crippen molar-refractivity contribution >= 4 is 5.78 Å². The molecule has 19 heavy (non-hydrogen) atoms. The fraction of sp³-hybridized carbons (Fsp3) is 0.538. The highest BCUT2D eigenvalue weighted by Crippen LogP contribution is 2.27. The summed E-state index contributed by atoms with van der Waals surface area (Å²) in [6.45, 7) is 0.784. The van der Waals surface area contributed by atoms with Gasteiger partial charge in [0.25, 0.3) is 0 Å². The van der Waals surface area contributed by atoms with Gasteiger partial charge in [0.05, 0.1) is 12.5 Å². The van der Waals surface area contributed by atoms with Crippen molar-refractivity contribution in [3.8, 4) is 0 Å². The summed E-state index contributed by atoms with van der Waals surface area (Å²) in [6, 6.07) is 3.40. The summed E-state index contributed by atoms with van der Waals surface area (Å²) < 4.78 is 37.5. The van der Waals surface area contributed by atoms with E-state index in [1.54, 1.807) is 0 Å². The fourth-order valence-corrected chi connectivity index (χ4v) is 2.16. The summed E-state index contributed by atoms with van der Waals surface area (Å²) in [7, 11) is 0. The Kier molecular flexibility index (Phi) is 4.19. The second-order valence-corrected chi connectivity index (χ2v) is 4.66. The Balaban J connectivity index is 2.04. The third kappa shape index (κ3) is 3.76. The number of nitrogens with zero attached hydrogens (tertiary/aromatic N) is 1. The summed E-state index contributed by atoms with van der Waals surface area (Å²) in [4.78, 5) is 15.4. The van der Waals surface area contributed by atoms with Crippen LogP contribution in [-0.4, -0.2) is 23.4 Å². The third-order valence-corrected chi connectivity index (χ3v) is 3.15. The van der Waals surface area contributed by atoms with Gasteiger partial charge in [-0.1, -0.05) is 12.5 Å². The Labute approximate surface area is 109 Å². The van der Waals surface area contributed by atoms with Crippen LogP contribution in [0.2, 0.25) is 0 Å². The van der Waals surface area contributed by atoms with Gasteiger partial charge in [-0.15, -0.1) is 0 Å². The molecule has 1 atom stereocenters. The molecule has 2 heterocycles. The van der Waals surface area contributed by atoms with Gasteiger partial charge in [0, 0.05) is 5.69 Å². The van der Waals surface area contributed by atoms with Crippen LogP contribution in [0, 0.1) is 0 Å². The Bertz CT molecular complexity index is 453. The van der Waals surface area contributed by atoms with Crippen molar-refractivity contribution < 1.29 is 18.0 Å². The van der Waals surface area contributed by atoms with Crippen molar-refractivity contribution in [1.29, 1.82) is 0 Å². The molecule has 0 aliphatic carbocycles.